The van der Waals surface area contributed by atoms with Crippen molar-refractivity contribution in [2.45, 2.75) is 30.4 Å². The number of methoxy groups -OCH3 is 1. The number of halogens is 6. The first-order valence-electron chi connectivity index (χ1n) is 18.8. The summed E-state index contributed by atoms with van der Waals surface area (Å²) in [5.74, 6) is -7.51. The number of hydrazine groups is 2. The number of amides is 4. The lowest BCUT2D eigenvalue weighted by Gasteiger charge is -2.50. The van der Waals surface area contributed by atoms with Gasteiger partial charge in [-0.05, 0) is 72.9 Å². The number of anilines is 2. The minimum atomic E-state index is -4.84. The zero-order valence-corrected chi connectivity index (χ0v) is 34.0. The highest BCUT2D eigenvalue weighted by atomic mass is 35.5. The van der Waals surface area contributed by atoms with Gasteiger partial charge in [-0.1, -0.05) is 76.8 Å². The second-order valence-corrected chi connectivity index (χ2v) is 16.1. The van der Waals surface area contributed by atoms with E-state index in [1.165, 1.54) is 32.4 Å². The fourth-order valence-electron chi connectivity index (χ4n) is 9.38. The van der Waals surface area contributed by atoms with Gasteiger partial charge in [0, 0.05) is 23.6 Å². The largest absolute Gasteiger partial charge is 0.497 e. The lowest BCUT2D eigenvalue weighted by molar-refractivity contribution is -0.142. The van der Waals surface area contributed by atoms with Gasteiger partial charge in [0.2, 0.25) is 0 Å². The molecule has 2 aliphatic heterocycles. The van der Waals surface area contributed by atoms with Gasteiger partial charge in [0.25, 0.3) is 23.6 Å². The molecule has 6 atom stereocenters. The Balaban J connectivity index is 1.30. The fraction of sp³-hybridized carbons (Fsp3) is 0.310. The summed E-state index contributed by atoms with van der Waals surface area (Å²) in [6.45, 7) is -0.437. The number of fused-ring (bicyclic) bond motifs is 4. The number of carbonyl (C=O) groups is 4. The number of aliphatic hydroxyl groups is 1. The number of aromatic nitrogens is 1. The van der Waals surface area contributed by atoms with Crippen LogP contribution in [-0.2, 0) is 30.8 Å². The molecule has 1 saturated carbocycles. The van der Waals surface area contributed by atoms with E-state index >= 15 is 9.59 Å². The van der Waals surface area contributed by atoms with Gasteiger partial charge in [-0.3, -0.25) is 29.6 Å². The van der Waals surface area contributed by atoms with Gasteiger partial charge in [0.05, 0.1) is 52.6 Å². The number of nitrogens with one attached hydrogen (secondary N) is 1. The highest BCUT2D eigenvalue weighted by Crippen LogP contribution is 2.65. The number of alkyl halides is 3. The van der Waals surface area contributed by atoms with Gasteiger partial charge < -0.3 is 14.6 Å². The van der Waals surface area contributed by atoms with Crippen molar-refractivity contribution in [2.75, 3.05) is 37.8 Å². The Hall–Kier alpha value is -5.35. The van der Waals surface area contributed by atoms with Crippen LogP contribution in [-0.4, -0.2) is 71.1 Å². The minimum Gasteiger partial charge on any atom is -0.497 e. The summed E-state index contributed by atoms with van der Waals surface area (Å²) in [5.41, 5.74) is 1.66. The highest BCUT2D eigenvalue weighted by molar-refractivity contribution is 6.36. The molecule has 4 amide bonds. The molecule has 1 aromatic heterocycles. The van der Waals surface area contributed by atoms with Crippen LogP contribution in [0, 0.1) is 23.7 Å². The van der Waals surface area contributed by atoms with Crippen LogP contribution in [0.5, 0.6) is 11.5 Å². The van der Waals surface area contributed by atoms with Crippen molar-refractivity contribution >= 4 is 69.9 Å². The molecule has 0 unspecified atom stereocenters. The third kappa shape index (κ3) is 6.53. The zero-order chi connectivity index (χ0) is 42.8. The number of allylic oxidation sites excluding steroid dienone is 2. The second kappa shape index (κ2) is 15.6. The molecule has 2 saturated heterocycles. The number of imide groups is 2. The predicted molar refractivity (Wildman–Crippen MR) is 214 cm³/mol. The average Bonchev–Trinajstić information content (AvgIpc) is 3.61. The van der Waals surface area contributed by atoms with Crippen molar-refractivity contribution in [2.24, 2.45) is 23.7 Å². The summed E-state index contributed by atoms with van der Waals surface area (Å²) in [4.78, 5) is 63.4. The number of para-hydroxylation sites is 1. The van der Waals surface area contributed by atoms with Crippen molar-refractivity contribution in [3.05, 3.63) is 122 Å². The first-order valence-corrected chi connectivity index (χ1v) is 19.9. The maximum atomic E-state index is 15.6. The summed E-state index contributed by atoms with van der Waals surface area (Å²) < 4.78 is 52.8. The molecule has 3 aromatic carbocycles. The Morgan fingerprint density at radius 3 is 2.35 bits per heavy atom. The smallest absolute Gasteiger partial charge is 0.433 e. The van der Waals surface area contributed by atoms with E-state index in [1.54, 1.807) is 48.5 Å². The molecule has 60 heavy (non-hydrogen) atoms. The molecule has 4 aliphatic rings. The molecule has 2 aliphatic carbocycles. The molecule has 12 nitrogen and oxygen atoms in total. The molecule has 3 heterocycles. The number of hydrogen-bond donors (Lipinski definition) is 2. The highest BCUT2D eigenvalue weighted by Gasteiger charge is 2.71. The third-order valence-electron chi connectivity index (χ3n) is 11.9. The molecule has 18 heteroatoms. The van der Waals surface area contributed by atoms with Gasteiger partial charge in [0.15, 0.2) is 5.82 Å². The molecule has 312 valence electrons. The summed E-state index contributed by atoms with van der Waals surface area (Å²) in [6.07, 6.45) is -3.11. The topological polar surface area (TPSA) is 142 Å². The second-order valence-electron chi connectivity index (χ2n) is 14.8. The number of carbonyl (C=O) groups excluding carboxylic acids is 4. The predicted octanol–water partition coefficient (Wildman–Crippen LogP) is 7.48. The monoisotopic (exact) mass is 883 g/mol. The van der Waals surface area contributed by atoms with E-state index < -0.39 is 76.3 Å². The van der Waals surface area contributed by atoms with Crippen LogP contribution in [0.4, 0.5) is 24.7 Å². The summed E-state index contributed by atoms with van der Waals surface area (Å²) in [6, 6.07) is 19.8. The van der Waals surface area contributed by atoms with Crippen LogP contribution < -0.4 is 19.9 Å². The van der Waals surface area contributed by atoms with Gasteiger partial charge >= 0.3 is 6.18 Å². The Bertz CT molecular complexity index is 2450. The van der Waals surface area contributed by atoms with E-state index in [-0.39, 0.29) is 41.8 Å². The fourth-order valence-corrected chi connectivity index (χ4v) is 10.1. The van der Waals surface area contributed by atoms with Crippen molar-refractivity contribution in [3.63, 3.8) is 0 Å². The van der Waals surface area contributed by atoms with Gasteiger partial charge in [-0.15, -0.1) is 0 Å². The molecule has 0 bridgehead atoms. The van der Waals surface area contributed by atoms with E-state index in [4.69, 9.17) is 44.3 Å². The van der Waals surface area contributed by atoms with Gasteiger partial charge in [0.1, 0.15) is 23.8 Å². The lowest BCUT2D eigenvalue weighted by atomic mass is 9.49. The maximum absolute atomic E-state index is 15.6. The van der Waals surface area contributed by atoms with Crippen LogP contribution in [0.1, 0.15) is 35.6 Å². The van der Waals surface area contributed by atoms with Crippen LogP contribution >= 0.6 is 34.8 Å². The van der Waals surface area contributed by atoms with Crippen molar-refractivity contribution in [1.82, 2.24) is 15.0 Å². The van der Waals surface area contributed by atoms with Crippen LogP contribution in [0.15, 0.2) is 90.5 Å². The first kappa shape index (κ1) is 41.4. The van der Waals surface area contributed by atoms with E-state index in [0.717, 1.165) is 21.1 Å². The SMILES string of the molecule is COc1ccc([C@@]23C(=O)N(Nc4ccc(Cl)cc4Cl)C(=O)[C@@H]2C[C@@H]2C(=CC[C@@H]4C(=O)N(N(C)c5nc(C(F)(F)F)ccc5Cl)C(=O)[C@@H]42)[C@@H]3c2ccccc2OCCO)cc1. The van der Waals surface area contributed by atoms with E-state index in [2.05, 4.69) is 10.4 Å². The third-order valence-corrected chi connectivity index (χ3v) is 12.7. The summed E-state index contributed by atoms with van der Waals surface area (Å²) in [7, 11) is 2.72. The number of pyridine rings is 1. The molecule has 0 radical (unpaired) electrons. The Morgan fingerprint density at radius 1 is 0.933 bits per heavy atom. The molecule has 4 aromatic rings. The summed E-state index contributed by atoms with van der Waals surface area (Å²) >= 11 is 19.0. The molecule has 2 N–H and O–H groups in total. The zero-order valence-electron chi connectivity index (χ0n) is 31.8. The first-order chi connectivity index (χ1) is 28.6. The van der Waals surface area contributed by atoms with E-state index in [9.17, 15) is 27.9 Å². The Labute approximate surface area is 356 Å². The average molecular weight is 885 g/mol. The Morgan fingerprint density at radius 2 is 1.67 bits per heavy atom. The quantitative estimate of drug-likeness (QED) is 0.122. The van der Waals surface area contributed by atoms with Crippen LogP contribution in [0.2, 0.25) is 15.1 Å². The van der Waals surface area contributed by atoms with Crippen molar-refractivity contribution < 1.29 is 46.9 Å². The number of benzene rings is 3. The van der Waals surface area contributed by atoms with E-state index in [1.807, 2.05) is 6.08 Å². The number of hydrogen-bond acceptors (Lipinski definition) is 10. The normalized spacial score (nSPS) is 24.8. The van der Waals surface area contributed by atoms with Gasteiger partial charge in [-0.25, -0.2) is 4.98 Å². The number of rotatable bonds is 10. The molecule has 0 spiro atoms. The summed E-state index contributed by atoms with van der Waals surface area (Å²) in [5, 5.41) is 12.6. The van der Waals surface area contributed by atoms with Gasteiger partial charge in [-0.2, -0.15) is 23.2 Å². The van der Waals surface area contributed by atoms with Crippen molar-refractivity contribution in [3.8, 4) is 11.5 Å². The molecular weight excluding hydrogens is 850 g/mol. The standard InChI is InChI=1S/C42H35Cl3F3N5O7/c1-51(36-29(44)14-16-33(49-36)42(46,47)48)53-37(55)26-13-12-24-27(34(26)39(53)57)20-28-38(56)52(50-31-15-9-22(43)19-30(31)45)40(58)41(28,21-7-10-23(59-2)11-8-21)35(24)25-5-3-4-6-32(25)60-18-17-54/h3-12,14-16,19,26-28,34-35,50,54H,13,17-18,20H2,1-2H3/t26-,27+,28-,34-,35+,41+/m0/s1. The minimum absolute atomic E-state index is 0.0131. The molecule has 8 rings (SSSR count). The molecule has 3 fully saturated rings. The van der Waals surface area contributed by atoms with Crippen LogP contribution in [0.25, 0.3) is 0 Å². The lowest BCUT2D eigenvalue weighted by Crippen LogP contribution is -2.53. The van der Waals surface area contributed by atoms with Crippen LogP contribution in [0.3, 0.4) is 0 Å². The van der Waals surface area contributed by atoms with E-state index in [0.29, 0.717) is 39.3 Å². The number of ether oxygens (including phenoxy) is 2. The Kier molecular flexibility index (Phi) is 10.8. The number of aliphatic hydroxyl groups excluding tert-OH is 1. The number of nitrogens with zero attached hydrogens (tertiary/aromatic N) is 4. The van der Waals surface area contributed by atoms with Crippen molar-refractivity contribution in [1.29, 1.82) is 0 Å². The maximum Gasteiger partial charge on any atom is 0.433 e. The molecular formula is C42H35Cl3F3N5O7.